The second kappa shape index (κ2) is 6.35. The molecule has 0 saturated carbocycles. The van der Waals surface area contributed by atoms with Gasteiger partial charge in [0, 0.05) is 12.2 Å². The molecule has 0 aromatic heterocycles. The Morgan fingerprint density at radius 3 is 2.17 bits per heavy atom. The van der Waals surface area contributed by atoms with Gasteiger partial charge < -0.3 is 14.8 Å². The van der Waals surface area contributed by atoms with Crippen LogP contribution in [0.15, 0.2) is 54.6 Å². The van der Waals surface area contributed by atoms with E-state index in [9.17, 15) is 9.59 Å². The Labute approximate surface area is 140 Å². The lowest BCUT2D eigenvalue weighted by Crippen LogP contribution is -2.48. The monoisotopic (exact) mass is 325 g/mol. The lowest BCUT2D eigenvalue weighted by atomic mass is 9.66. The average Bonchev–Trinajstić information content (AvgIpc) is 3.03. The van der Waals surface area contributed by atoms with Crippen LogP contribution >= 0.6 is 0 Å². The van der Waals surface area contributed by atoms with E-state index >= 15 is 0 Å². The van der Waals surface area contributed by atoms with Crippen LogP contribution in [0, 0.1) is 5.92 Å². The Balaban J connectivity index is 2.28. The number of fused-ring (bicyclic) bond motifs is 1. The first-order valence-electron chi connectivity index (χ1n) is 7.69. The Kier molecular flexibility index (Phi) is 4.25. The number of methoxy groups -OCH3 is 2. The molecular weight excluding hydrogens is 306 g/mol. The van der Waals surface area contributed by atoms with Gasteiger partial charge in [0.15, 0.2) is 5.92 Å². The molecule has 2 aromatic rings. The topological polar surface area (TPSA) is 64.6 Å². The molecule has 0 fully saturated rings. The second-order valence-corrected chi connectivity index (χ2v) is 5.72. The van der Waals surface area contributed by atoms with Gasteiger partial charge in [-0.3, -0.25) is 9.59 Å². The zero-order valence-electron chi connectivity index (χ0n) is 13.6. The molecule has 0 bridgehead atoms. The molecule has 0 saturated heterocycles. The molecule has 1 aliphatic rings. The highest BCUT2D eigenvalue weighted by atomic mass is 16.5. The number of nitrogens with one attached hydrogen (secondary N) is 1. The number of hydrogen-bond donors (Lipinski definition) is 1. The van der Waals surface area contributed by atoms with Crippen LogP contribution in [0.3, 0.4) is 0 Å². The fourth-order valence-corrected chi connectivity index (χ4v) is 3.51. The number of rotatable bonds is 4. The normalized spacial score (nSPS) is 18.6. The van der Waals surface area contributed by atoms with E-state index in [4.69, 9.17) is 9.47 Å². The molecular formula is C19H19NO4. The molecule has 1 heterocycles. The number of anilines is 1. The van der Waals surface area contributed by atoms with Crippen molar-refractivity contribution in [1.29, 1.82) is 0 Å². The fraction of sp³-hybridized carbons (Fsp3) is 0.263. The molecule has 1 N–H and O–H groups in total. The lowest BCUT2D eigenvalue weighted by Gasteiger charge is -2.34. The van der Waals surface area contributed by atoms with Crippen LogP contribution in [0.1, 0.15) is 11.1 Å². The van der Waals surface area contributed by atoms with Gasteiger partial charge in [0.25, 0.3) is 0 Å². The minimum Gasteiger partial charge on any atom is -0.468 e. The third-order valence-electron chi connectivity index (χ3n) is 4.62. The summed E-state index contributed by atoms with van der Waals surface area (Å²) in [5.41, 5.74) is 1.78. The van der Waals surface area contributed by atoms with Crippen molar-refractivity contribution >= 4 is 17.6 Å². The molecule has 1 atom stereocenters. The quantitative estimate of drug-likeness (QED) is 0.690. The Hall–Kier alpha value is -2.82. The van der Waals surface area contributed by atoms with Crippen LogP contribution < -0.4 is 5.32 Å². The van der Waals surface area contributed by atoms with Crippen LogP contribution in [0.5, 0.6) is 0 Å². The first kappa shape index (κ1) is 16.1. The highest BCUT2D eigenvalue weighted by Crippen LogP contribution is 2.47. The molecule has 5 heteroatoms. The summed E-state index contributed by atoms with van der Waals surface area (Å²) >= 11 is 0. The van der Waals surface area contributed by atoms with Crippen molar-refractivity contribution in [3.05, 3.63) is 65.7 Å². The maximum Gasteiger partial charge on any atom is 0.321 e. The zero-order valence-corrected chi connectivity index (χ0v) is 13.6. The van der Waals surface area contributed by atoms with Crippen molar-refractivity contribution in [3.63, 3.8) is 0 Å². The summed E-state index contributed by atoms with van der Waals surface area (Å²) in [6.45, 7) is 0.408. The summed E-state index contributed by atoms with van der Waals surface area (Å²) < 4.78 is 9.88. The predicted molar refractivity (Wildman–Crippen MR) is 89.7 cm³/mol. The smallest absolute Gasteiger partial charge is 0.321 e. The van der Waals surface area contributed by atoms with Gasteiger partial charge in [0.05, 0.1) is 19.6 Å². The number of carbonyl (C=O) groups is 2. The number of para-hydroxylation sites is 1. The molecule has 3 rings (SSSR count). The van der Waals surface area contributed by atoms with Crippen molar-refractivity contribution in [2.75, 3.05) is 26.1 Å². The van der Waals surface area contributed by atoms with E-state index in [0.29, 0.717) is 6.54 Å². The van der Waals surface area contributed by atoms with E-state index in [1.54, 1.807) is 0 Å². The fourth-order valence-electron chi connectivity index (χ4n) is 3.51. The van der Waals surface area contributed by atoms with Gasteiger partial charge in [-0.2, -0.15) is 0 Å². The van der Waals surface area contributed by atoms with E-state index < -0.39 is 23.3 Å². The minimum atomic E-state index is -1.09. The molecule has 5 nitrogen and oxygen atoms in total. The summed E-state index contributed by atoms with van der Waals surface area (Å²) in [4.78, 5) is 25.1. The summed E-state index contributed by atoms with van der Waals surface area (Å²) in [5.74, 6) is -2.31. The average molecular weight is 325 g/mol. The zero-order chi connectivity index (χ0) is 17.2. The number of esters is 2. The minimum absolute atomic E-state index is 0.408. The molecule has 1 aliphatic heterocycles. The van der Waals surface area contributed by atoms with Crippen molar-refractivity contribution in [2.24, 2.45) is 5.92 Å². The van der Waals surface area contributed by atoms with E-state index in [2.05, 4.69) is 5.32 Å². The first-order chi connectivity index (χ1) is 11.6. The molecule has 124 valence electrons. The van der Waals surface area contributed by atoms with Gasteiger partial charge in [0.2, 0.25) is 0 Å². The number of carbonyl (C=O) groups excluding carboxylic acids is 2. The summed E-state index contributed by atoms with van der Waals surface area (Å²) in [5, 5.41) is 3.31. The maximum absolute atomic E-state index is 12.5. The Morgan fingerprint density at radius 1 is 0.958 bits per heavy atom. The predicted octanol–water partition coefficient (Wildman–Crippen LogP) is 2.36. The van der Waals surface area contributed by atoms with Gasteiger partial charge in [-0.1, -0.05) is 48.5 Å². The molecule has 1 unspecified atom stereocenters. The van der Waals surface area contributed by atoms with Crippen LogP contribution in [0.25, 0.3) is 0 Å². The van der Waals surface area contributed by atoms with E-state index in [0.717, 1.165) is 16.8 Å². The van der Waals surface area contributed by atoms with Gasteiger partial charge >= 0.3 is 11.9 Å². The molecule has 0 spiro atoms. The molecule has 0 radical (unpaired) electrons. The number of hydrogen-bond acceptors (Lipinski definition) is 5. The van der Waals surface area contributed by atoms with E-state index in [1.165, 1.54) is 14.2 Å². The lowest BCUT2D eigenvalue weighted by molar-refractivity contribution is -0.161. The van der Waals surface area contributed by atoms with Crippen molar-refractivity contribution in [3.8, 4) is 0 Å². The second-order valence-electron chi connectivity index (χ2n) is 5.72. The highest BCUT2D eigenvalue weighted by Gasteiger charge is 2.54. The molecule has 24 heavy (non-hydrogen) atoms. The van der Waals surface area contributed by atoms with Crippen LogP contribution in [-0.2, 0) is 24.5 Å². The standard InChI is InChI=1S/C19H19NO4/c1-23-17(21)16(18(22)24-2)19(13-8-4-3-5-9-13)12-20-15-11-7-6-10-14(15)19/h3-11,16,20H,12H2,1-2H3. The molecule has 2 aromatic carbocycles. The maximum atomic E-state index is 12.5. The van der Waals surface area contributed by atoms with Gasteiger partial charge in [-0.25, -0.2) is 0 Å². The number of benzene rings is 2. The van der Waals surface area contributed by atoms with Crippen LogP contribution in [-0.4, -0.2) is 32.7 Å². The first-order valence-corrected chi connectivity index (χ1v) is 7.69. The van der Waals surface area contributed by atoms with Crippen molar-refractivity contribution in [1.82, 2.24) is 0 Å². The van der Waals surface area contributed by atoms with Gasteiger partial charge in [0.1, 0.15) is 0 Å². The highest BCUT2D eigenvalue weighted by molar-refractivity contribution is 5.98. The third-order valence-corrected chi connectivity index (χ3v) is 4.62. The van der Waals surface area contributed by atoms with Crippen molar-refractivity contribution < 1.29 is 19.1 Å². The SMILES string of the molecule is COC(=O)C(C(=O)OC)C1(c2ccccc2)CNc2ccccc21. The summed E-state index contributed by atoms with van der Waals surface area (Å²) in [7, 11) is 2.57. The summed E-state index contributed by atoms with van der Waals surface area (Å²) in [6, 6.07) is 17.2. The van der Waals surface area contributed by atoms with E-state index in [-0.39, 0.29) is 0 Å². The number of ether oxygens (including phenoxy) is 2. The molecule has 0 aliphatic carbocycles. The Bertz CT molecular complexity index is 743. The summed E-state index contributed by atoms with van der Waals surface area (Å²) in [6.07, 6.45) is 0. The van der Waals surface area contributed by atoms with Crippen molar-refractivity contribution in [2.45, 2.75) is 5.41 Å². The molecule has 0 amide bonds. The van der Waals surface area contributed by atoms with Gasteiger partial charge in [-0.05, 0) is 17.2 Å². The Morgan fingerprint density at radius 2 is 1.54 bits per heavy atom. The van der Waals surface area contributed by atoms with Crippen LogP contribution in [0.2, 0.25) is 0 Å². The van der Waals surface area contributed by atoms with Crippen LogP contribution in [0.4, 0.5) is 5.69 Å². The largest absolute Gasteiger partial charge is 0.468 e. The van der Waals surface area contributed by atoms with Gasteiger partial charge in [-0.15, -0.1) is 0 Å². The van der Waals surface area contributed by atoms with E-state index in [1.807, 2.05) is 54.6 Å². The third kappa shape index (κ3) is 2.33.